The highest BCUT2D eigenvalue weighted by Gasteiger charge is 2.71. The number of hydrogen-bond donors (Lipinski definition) is 1. The van der Waals surface area contributed by atoms with Gasteiger partial charge in [-0.15, -0.1) is 5.10 Å². The van der Waals surface area contributed by atoms with Crippen LogP contribution in [0.2, 0.25) is 0 Å². The number of unbranched alkanes of at least 4 members (excludes halogenated alkanes) is 2. The van der Waals surface area contributed by atoms with Gasteiger partial charge in [0.15, 0.2) is 0 Å². The first-order valence-corrected chi connectivity index (χ1v) is 13.2. The molecule has 2 saturated heterocycles. The molecule has 200 valence electrons. The summed E-state index contributed by atoms with van der Waals surface area (Å²) < 4.78 is 13.7. The summed E-state index contributed by atoms with van der Waals surface area (Å²) in [5.74, 6) is -2.70. The third-order valence-electron chi connectivity index (χ3n) is 7.99. The lowest BCUT2D eigenvalue weighted by atomic mass is 9.78. The SMILES string of the molecule is O=C1OCCC=C[C@H]2O[C@]34C=CCN(Cn5nnc6ccccc65)C(=O)C3N(CCCCCO)C(=O)[C@@H]4[C@@H]12. The normalized spacial score (nSPS) is 30.6. The second kappa shape index (κ2) is 9.95. The van der Waals surface area contributed by atoms with E-state index in [-0.39, 0.29) is 31.7 Å². The number of aliphatic hydroxyl groups is 1. The maximum Gasteiger partial charge on any atom is 0.312 e. The van der Waals surface area contributed by atoms with Gasteiger partial charge in [0.2, 0.25) is 5.91 Å². The number of carbonyl (C=O) groups excluding carboxylic acids is 3. The molecule has 4 aliphatic heterocycles. The number of ether oxygens (including phenoxy) is 2. The summed E-state index contributed by atoms with van der Waals surface area (Å²) in [4.78, 5) is 44.6. The Kier molecular flexibility index (Phi) is 6.48. The van der Waals surface area contributed by atoms with Crippen molar-refractivity contribution in [3.8, 4) is 0 Å². The first kappa shape index (κ1) is 24.7. The fourth-order valence-corrected chi connectivity index (χ4v) is 6.27. The van der Waals surface area contributed by atoms with Crippen LogP contribution in [-0.2, 0) is 30.5 Å². The number of nitrogens with zero attached hydrogens (tertiary/aromatic N) is 5. The van der Waals surface area contributed by atoms with Crippen molar-refractivity contribution in [2.24, 2.45) is 11.8 Å². The second-order valence-corrected chi connectivity index (χ2v) is 10.2. The summed E-state index contributed by atoms with van der Waals surface area (Å²) in [5, 5.41) is 17.6. The maximum atomic E-state index is 14.3. The molecule has 0 radical (unpaired) electrons. The van der Waals surface area contributed by atoms with Crippen LogP contribution in [0, 0.1) is 11.8 Å². The third-order valence-corrected chi connectivity index (χ3v) is 7.99. The van der Waals surface area contributed by atoms with Crippen molar-refractivity contribution in [1.82, 2.24) is 24.8 Å². The Labute approximate surface area is 219 Å². The van der Waals surface area contributed by atoms with Crippen LogP contribution < -0.4 is 0 Å². The Hall–Kier alpha value is -3.57. The highest BCUT2D eigenvalue weighted by Crippen LogP contribution is 2.53. The van der Waals surface area contributed by atoms with Gasteiger partial charge in [-0.1, -0.05) is 41.7 Å². The number of fused-ring (bicyclic) bond motifs is 3. The van der Waals surface area contributed by atoms with Gasteiger partial charge >= 0.3 is 5.97 Å². The number of cyclic esters (lactones) is 1. The van der Waals surface area contributed by atoms with Crippen LogP contribution >= 0.6 is 0 Å². The Bertz CT molecular complexity index is 1310. The molecule has 11 heteroatoms. The minimum Gasteiger partial charge on any atom is -0.465 e. The molecule has 1 aromatic heterocycles. The molecule has 2 aromatic rings. The second-order valence-electron chi connectivity index (χ2n) is 10.2. The van der Waals surface area contributed by atoms with Crippen LogP contribution in [0.5, 0.6) is 0 Å². The zero-order valence-electron chi connectivity index (χ0n) is 21.0. The highest BCUT2D eigenvalue weighted by atomic mass is 16.6. The van der Waals surface area contributed by atoms with Crippen LogP contribution in [0.4, 0.5) is 0 Å². The van der Waals surface area contributed by atoms with E-state index < -0.39 is 35.6 Å². The van der Waals surface area contributed by atoms with Crippen molar-refractivity contribution in [3.63, 3.8) is 0 Å². The number of amides is 2. The predicted octanol–water partition coefficient (Wildman–Crippen LogP) is 1.03. The van der Waals surface area contributed by atoms with E-state index in [9.17, 15) is 19.5 Å². The zero-order valence-corrected chi connectivity index (χ0v) is 21.0. The van der Waals surface area contributed by atoms with E-state index in [1.165, 1.54) is 0 Å². The van der Waals surface area contributed by atoms with Crippen LogP contribution in [0.25, 0.3) is 11.0 Å². The molecule has 0 bridgehead atoms. The number of aromatic nitrogens is 3. The van der Waals surface area contributed by atoms with E-state index in [1.807, 2.05) is 48.6 Å². The summed E-state index contributed by atoms with van der Waals surface area (Å²) in [6.45, 7) is 1.09. The summed E-state index contributed by atoms with van der Waals surface area (Å²) >= 11 is 0. The number of para-hydroxylation sites is 1. The predicted molar refractivity (Wildman–Crippen MR) is 134 cm³/mol. The smallest absolute Gasteiger partial charge is 0.312 e. The monoisotopic (exact) mass is 521 g/mol. The molecule has 2 amide bonds. The molecular weight excluding hydrogens is 490 g/mol. The lowest BCUT2D eigenvalue weighted by Crippen LogP contribution is -2.55. The first-order valence-electron chi connectivity index (χ1n) is 13.2. The molecule has 6 rings (SSSR count). The number of hydrogen-bond acceptors (Lipinski definition) is 8. The number of likely N-dealkylation sites (tertiary alicyclic amines) is 1. The fraction of sp³-hybridized carbons (Fsp3) is 0.519. The number of benzene rings is 1. The summed E-state index contributed by atoms with van der Waals surface area (Å²) in [7, 11) is 0. The first-order chi connectivity index (χ1) is 18.5. The summed E-state index contributed by atoms with van der Waals surface area (Å²) in [6, 6.07) is 6.59. The van der Waals surface area contributed by atoms with Gasteiger partial charge in [-0.25, -0.2) is 4.68 Å². The summed E-state index contributed by atoms with van der Waals surface area (Å²) in [5.41, 5.74) is 0.241. The van der Waals surface area contributed by atoms with Gasteiger partial charge in [0.1, 0.15) is 29.7 Å². The van der Waals surface area contributed by atoms with Crippen molar-refractivity contribution >= 4 is 28.8 Å². The van der Waals surface area contributed by atoms with Gasteiger partial charge in [0, 0.05) is 19.7 Å². The molecule has 2 fully saturated rings. The average molecular weight is 522 g/mol. The molecule has 4 aliphatic rings. The third kappa shape index (κ3) is 3.92. The Morgan fingerprint density at radius 1 is 1.08 bits per heavy atom. The van der Waals surface area contributed by atoms with Gasteiger partial charge in [-0.05, 0) is 37.8 Å². The van der Waals surface area contributed by atoms with Gasteiger partial charge in [-0.2, -0.15) is 0 Å². The molecule has 5 atom stereocenters. The zero-order chi connectivity index (χ0) is 26.3. The molecular formula is C27H31N5O6. The van der Waals surface area contributed by atoms with E-state index in [2.05, 4.69) is 10.3 Å². The summed E-state index contributed by atoms with van der Waals surface area (Å²) in [6.07, 6.45) is 9.25. The molecule has 1 spiro atoms. The molecule has 0 aliphatic carbocycles. The van der Waals surface area contributed by atoms with Crippen LogP contribution in [0.15, 0.2) is 48.6 Å². The standard InChI is InChI=1S/C27H31N5O6/c33-15-6-1-5-14-31-23-25(35)30(17-32-19-10-3-2-9-18(19)28-29-32)13-8-12-27(23)22(24(31)34)21-20(38-27)11-4-7-16-37-26(21)36/h2-4,8-12,20-23,33H,1,5-7,13-17H2/t20-,21+,22+,23?,27+/m1/s1. The van der Waals surface area contributed by atoms with Gasteiger partial charge in [-0.3, -0.25) is 14.4 Å². The topological polar surface area (TPSA) is 127 Å². The van der Waals surface area contributed by atoms with E-state index >= 15 is 0 Å². The molecule has 0 saturated carbocycles. The Morgan fingerprint density at radius 2 is 1.95 bits per heavy atom. The fourth-order valence-electron chi connectivity index (χ4n) is 6.27. The number of carbonyl (C=O) groups is 3. The number of rotatable bonds is 7. The molecule has 1 aromatic carbocycles. The van der Waals surface area contributed by atoms with Crippen LogP contribution in [0.3, 0.4) is 0 Å². The van der Waals surface area contributed by atoms with Crippen LogP contribution in [-0.4, -0.2) is 91.7 Å². The van der Waals surface area contributed by atoms with Crippen molar-refractivity contribution in [2.45, 2.75) is 50.1 Å². The molecule has 11 nitrogen and oxygen atoms in total. The lowest BCUT2D eigenvalue weighted by Gasteiger charge is -2.35. The molecule has 1 N–H and O–H groups in total. The van der Waals surface area contributed by atoms with E-state index in [1.54, 1.807) is 14.5 Å². The van der Waals surface area contributed by atoms with Crippen molar-refractivity contribution in [3.05, 3.63) is 48.6 Å². The van der Waals surface area contributed by atoms with Crippen molar-refractivity contribution < 1.29 is 29.0 Å². The number of aliphatic hydroxyl groups excluding tert-OH is 1. The van der Waals surface area contributed by atoms with E-state index in [4.69, 9.17) is 9.47 Å². The molecule has 1 unspecified atom stereocenters. The van der Waals surface area contributed by atoms with Gasteiger partial charge in [0.25, 0.3) is 5.91 Å². The molecule has 38 heavy (non-hydrogen) atoms. The largest absolute Gasteiger partial charge is 0.465 e. The maximum absolute atomic E-state index is 14.3. The number of esters is 1. The van der Waals surface area contributed by atoms with E-state index in [0.717, 1.165) is 11.0 Å². The minimum atomic E-state index is -1.28. The van der Waals surface area contributed by atoms with Crippen molar-refractivity contribution in [1.29, 1.82) is 0 Å². The van der Waals surface area contributed by atoms with Gasteiger partial charge in [0.05, 0.1) is 24.1 Å². The molecule has 5 heterocycles. The quantitative estimate of drug-likeness (QED) is 0.325. The van der Waals surface area contributed by atoms with E-state index in [0.29, 0.717) is 38.8 Å². The average Bonchev–Trinajstić information content (AvgIpc) is 3.50. The Morgan fingerprint density at radius 3 is 2.82 bits per heavy atom. The Balaban J connectivity index is 1.37. The van der Waals surface area contributed by atoms with Crippen LogP contribution in [0.1, 0.15) is 25.7 Å². The highest BCUT2D eigenvalue weighted by molar-refractivity contribution is 5.99. The lowest BCUT2D eigenvalue weighted by molar-refractivity contribution is -0.155. The van der Waals surface area contributed by atoms with Gasteiger partial charge < -0.3 is 24.4 Å². The van der Waals surface area contributed by atoms with Crippen molar-refractivity contribution in [2.75, 3.05) is 26.3 Å². The minimum absolute atomic E-state index is 0.0658.